The van der Waals surface area contributed by atoms with Gasteiger partial charge in [-0.1, -0.05) is 28.8 Å². The number of halogens is 1. The van der Waals surface area contributed by atoms with E-state index in [-0.39, 0.29) is 18.2 Å². The highest BCUT2D eigenvalue weighted by molar-refractivity contribution is 9.10. The van der Waals surface area contributed by atoms with E-state index in [4.69, 9.17) is 9.47 Å². The lowest BCUT2D eigenvalue weighted by Crippen LogP contribution is -2.53. The van der Waals surface area contributed by atoms with Gasteiger partial charge in [-0.25, -0.2) is 4.79 Å². The van der Waals surface area contributed by atoms with Crippen LogP contribution in [0.2, 0.25) is 0 Å². The highest BCUT2D eigenvalue weighted by Gasteiger charge is 2.35. The topological polar surface area (TPSA) is 139 Å². The maximum absolute atomic E-state index is 13.3. The van der Waals surface area contributed by atoms with Gasteiger partial charge in [-0.2, -0.15) is 0 Å². The molecule has 2 aromatic rings. The van der Waals surface area contributed by atoms with Gasteiger partial charge in [-0.3, -0.25) is 14.4 Å². The van der Waals surface area contributed by atoms with Crippen molar-refractivity contribution >= 4 is 50.5 Å². The third-order valence-electron chi connectivity index (χ3n) is 6.74. The standard InChI is InChI=1S/C25H31BrN4O6/c1-35-21-11-15(26)10-17-16(21)12-19(28-17)24(33)29-18(8-13-5-6-13)23(32)30-20(25(34)36-2)9-14-4-3-7-27-22(14)31/h10-14,18,20,28H,3-9H2,1-2H3,(H,27,31)(H,29,33)(H,30,32). The molecule has 10 nitrogen and oxygen atoms in total. The van der Waals surface area contributed by atoms with Crippen LogP contribution in [-0.4, -0.2) is 61.5 Å². The highest BCUT2D eigenvalue weighted by Crippen LogP contribution is 2.34. The summed E-state index contributed by atoms with van der Waals surface area (Å²) >= 11 is 3.43. The summed E-state index contributed by atoms with van der Waals surface area (Å²) < 4.78 is 11.1. The zero-order chi connectivity index (χ0) is 25.8. The number of H-pyrrole nitrogens is 1. The van der Waals surface area contributed by atoms with Crippen LogP contribution in [0.15, 0.2) is 22.7 Å². The van der Waals surface area contributed by atoms with Gasteiger partial charge in [-0.15, -0.1) is 0 Å². The molecule has 1 saturated carbocycles. The minimum atomic E-state index is -0.982. The number of piperidine rings is 1. The van der Waals surface area contributed by atoms with E-state index in [1.165, 1.54) is 7.11 Å². The Labute approximate surface area is 217 Å². The van der Waals surface area contributed by atoms with Crippen LogP contribution in [0.25, 0.3) is 10.9 Å². The van der Waals surface area contributed by atoms with Gasteiger partial charge in [0.2, 0.25) is 11.8 Å². The van der Waals surface area contributed by atoms with E-state index in [1.54, 1.807) is 19.2 Å². The van der Waals surface area contributed by atoms with Crippen LogP contribution in [0.3, 0.4) is 0 Å². The van der Waals surface area contributed by atoms with E-state index in [1.807, 2.05) is 6.07 Å². The fourth-order valence-electron chi connectivity index (χ4n) is 4.59. The molecule has 4 N–H and O–H groups in total. The average Bonchev–Trinajstić information content (AvgIpc) is 3.58. The minimum Gasteiger partial charge on any atom is -0.496 e. The number of benzene rings is 1. The molecule has 3 amide bonds. The lowest BCUT2D eigenvalue weighted by atomic mass is 9.91. The number of rotatable bonds is 10. The number of carbonyl (C=O) groups is 4. The van der Waals surface area contributed by atoms with E-state index in [0.717, 1.165) is 29.1 Å². The molecule has 0 bridgehead atoms. The van der Waals surface area contributed by atoms with Crippen molar-refractivity contribution in [2.45, 2.75) is 50.6 Å². The lowest BCUT2D eigenvalue weighted by Gasteiger charge is -2.27. The van der Waals surface area contributed by atoms with E-state index in [0.29, 0.717) is 42.3 Å². The van der Waals surface area contributed by atoms with Gasteiger partial charge in [0.15, 0.2) is 0 Å². The van der Waals surface area contributed by atoms with Gasteiger partial charge in [0.25, 0.3) is 5.91 Å². The van der Waals surface area contributed by atoms with Crippen molar-refractivity contribution in [3.05, 3.63) is 28.4 Å². The number of carbonyl (C=O) groups excluding carboxylic acids is 4. The normalized spacial score (nSPS) is 19.2. The van der Waals surface area contributed by atoms with Crippen LogP contribution in [-0.2, 0) is 19.1 Å². The second-order valence-electron chi connectivity index (χ2n) is 9.41. The Bertz CT molecular complexity index is 1160. The number of esters is 1. The van der Waals surface area contributed by atoms with Gasteiger partial charge in [-0.05, 0) is 49.8 Å². The fourth-order valence-corrected chi connectivity index (χ4v) is 5.03. The average molecular weight is 563 g/mol. The molecule has 194 valence electrons. The number of hydrogen-bond donors (Lipinski definition) is 4. The van der Waals surface area contributed by atoms with Gasteiger partial charge < -0.3 is 30.4 Å². The van der Waals surface area contributed by atoms with Crippen molar-refractivity contribution in [1.82, 2.24) is 20.9 Å². The van der Waals surface area contributed by atoms with Crippen LogP contribution >= 0.6 is 15.9 Å². The van der Waals surface area contributed by atoms with Crippen LogP contribution in [0.1, 0.15) is 49.0 Å². The maximum Gasteiger partial charge on any atom is 0.328 e. The number of fused-ring (bicyclic) bond motifs is 1. The zero-order valence-electron chi connectivity index (χ0n) is 20.3. The van der Waals surface area contributed by atoms with Crippen molar-refractivity contribution < 1.29 is 28.7 Å². The summed E-state index contributed by atoms with van der Waals surface area (Å²) in [6, 6.07) is 3.51. The molecule has 2 heterocycles. The number of methoxy groups -OCH3 is 2. The highest BCUT2D eigenvalue weighted by atomic mass is 79.9. The number of aromatic nitrogens is 1. The molecule has 0 spiro atoms. The molecular formula is C25H31BrN4O6. The summed E-state index contributed by atoms with van der Waals surface area (Å²) in [6.07, 6.45) is 4.03. The molecule has 3 atom stereocenters. The van der Waals surface area contributed by atoms with Crippen LogP contribution < -0.4 is 20.7 Å². The summed E-state index contributed by atoms with van der Waals surface area (Å²) in [7, 11) is 2.80. The summed E-state index contributed by atoms with van der Waals surface area (Å²) in [6.45, 7) is 0.608. The molecule has 0 radical (unpaired) electrons. The van der Waals surface area contributed by atoms with Crippen LogP contribution in [0.5, 0.6) is 5.75 Å². The third-order valence-corrected chi connectivity index (χ3v) is 7.20. The molecule has 1 saturated heterocycles. The first-order chi connectivity index (χ1) is 17.3. The van der Waals surface area contributed by atoms with Gasteiger partial charge in [0.05, 0.1) is 19.7 Å². The number of hydrogen-bond acceptors (Lipinski definition) is 6. The van der Waals surface area contributed by atoms with Crippen molar-refractivity contribution in [1.29, 1.82) is 0 Å². The second kappa shape index (κ2) is 11.3. The first-order valence-corrected chi connectivity index (χ1v) is 12.9. The van der Waals surface area contributed by atoms with Crippen LogP contribution in [0.4, 0.5) is 0 Å². The molecule has 2 fully saturated rings. The molecule has 11 heteroatoms. The Kier molecular flexibility index (Phi) is 8.17. The molecule has 1 aliphatic heterocycles. The lowest BCUT2D eigenvalue weighted by molar-refractivity contribution is -0.146. The SMILES string of the molecule is COC(=O)C(CC1CCCNC1=O)NC(=O)C(CC1CC1)NC(=O)c1cc2c(OC)cc(Br)cc2[nH]1. The molecule has 4 rings (SSSR count). The van der Waals surface area contributed by atoms with Gasteiger partial charge in [0, 0.05) is 22.3 Å². The molecular weight excluding hydrogens is 532 g/mol. The largest absolute Gasteiger partial charge is 0.496 e. The Morgan fingerprint density at radius 2 is 1.86 bits per heavy atom. The third kappa shape index (κ3) is 6.18. The monoisotopic (exact) mass is 562 g/mol. The number of aromatic amines is 1. The van der Waals surface area contributed by atoms with Crippen molar-refractivity contribution in [2.24, 2.45) is 11.8 Å². The van der Waals surface area contributed by atoms with Crippen LogP contribution in [0, 0.1) is 11.8 Å². The summed E-state index contributed by atoms with van der Waals surface area (Å²) in [5.41, 5.74) is 1.00. The first-order valence-electron chi connectivity index (χ1n) is 12.1. The number of nitrogens with one attached hydrogen (secondary N) is 4. The number of amides is 3. The first kappa shape index (κ1) is 26.0. The van der Waals surface area contributed by atoms with Crippen molar-refractivity contribution in [3.63, 3.8) is 0 Å². The van der Waals surface area contributed by atoms with E-state index < -0.39 is 29.9 Å². The second-order valence-corrected chi connectivity index (χ2v) is 10.3. The Hall–Kier alpha value is -3.08. The molecule has 1 aliphatic carbocycles. The molecule has 1 aromatic heterocycles. The maximum atomic E-state index is 13.3. The smallest absolute Gasteiger partial charge is 0.328 e. The quantitative estimate of drug-likeness (QED) is 0.328. The zero-order valence-corrected chi connectivity index (χ0v) is 21.9. The summed E-state index contributed by atoms with van der Waals surface area (Å²) in [5, 5.41) is 9.10. The Balaban J connectivity index is 1.49. The molecule has 2 aliphatic rings. The van der Waals surface area contributed by atoms with E-state index >= 15 is 0 Å². The summed E-state index contributed by atoms with van der Waals surface area (Å²) in [5.74, 6) is -1.11. The van der Waals surface area contributed by atoms with Crippen molar-refractivity contribution in [3.8, 4) is 5.75 Å². The predicted molar refractivity (Wildman–Crippen MR) is 135 cm³/mol. The van der Waals surface area contributed by atoms with Gasteiger partial charge >= 0.3 is 5.97 Å². The summed E-state index contributed by atoms with van der Waals surface area (Å²) in [4.78, 5) is 54.1. The Morgan fingerprint density at radius 3 is 2.53 bits per heavy atom. The Morgan fingerprint density at radius 1 is 1.08 bits per heavy atom. The molecule has 3 unspecified atom stereocenters. The predicted octanol–water partition coefficient (Wildman–Crippen LogP) is 2.41. The molecule has 1 aromatic carbocycles. The van der Waals surface area contributed by atoms with E-state index in [9.17, 15) is 19.2 Å². The number of ether oxygens (including phenoxy) is 2. The fraction of sp³-hybridized carbons (Fsp3) is 0.520. The molecule has 36 heavy (non-hydrogen) atoms. The van der Waals surface area contributed by atoms with Gasteiger partial charge in [0.1, 0.15) is 23.5 Å². The van der Waals surface area contributed by atoms with Crippen molar-refractivity contribution in [2.75, 3.05) is 20.8 Å². The van der Waals surface area contributed by atoms with E-state index in [2.05, 4.69) is 36.9 Å². The minimum absolute atomic E-state index is 0.131.